The Morgan fingerprint density at radius 2 is 2.00 bits per heavy atom. The third kappa shape index (κ3) is 2.40. The van der Waals surface area contributed by atoms with Crippen molar-refractivity contribution in [1.29, 1.82) is 0 Å². The Hall–Kier alpha value is -2.61. The van der Waals surface area contributed by atoms with Crippen molar-refractivity contribution in [2.45, 2.75) is 19.9 Å². The Kier molecular flexibility index (Phi) is 3.22. The topological polar surface area (TPSA) is 42.5 Å². The van der Waals surface area contributed by atoms with Gasteiger partial charge in [-0.1, -0.05) is 24.3 Å². The van der Waals surface area contributed by atoms with Crippen LogP contribution >= 0.6 is 0 Å². The standard InChI is InChI=1S/C16H16N4O/c1-11-8-20(15-9-19(10-15)12(2)21)16(18-11)13-4-6-14(17-3)7-5-13/h4-8,15H,9-10H2,1-2H3. The SMILES string of the molecule is [C-]#[N+]c1ccc(-c2nc(C)cn2C2CN(C(C)=O)C2)cc1. The van der Waals surface area contributed by atoms with Crippen LogP contribution < -0.4 is 0 Å². The number of carbonyl (C=O) groups excluding carboxylic acids is 1. The second-order valence-corrected chi connectivity index (χ2v) is 5.35. The number of hydrogen-bond donors (Lipinski definition) is 0. The number of imidazole rings is 1. The lowest BCUT2D eigenvalue weighted by molar-refractivity contribution is -0.134. The number of amides is 1. The molecule has 3 rings (SSSR count). The number of rotatable bonds is 2. The molecular formula is C16H16N4O. The first-order valence-electron chi connectivity index (χ1n) is 6.87. The molecule has 0 saturated carbocycles. The second-order valence-electron chi connectivity index (χ2n) is 5.35. The van der Waals surface area contributed by atoms with Crippen LogP contribution in [0.1, 0.15) is 18.7 Å². The molecule has 0 unspecified atom stereocenters. The van der Waals surface area contributed by atoms with E-state index in [4.69, 9.17) is 6.57 Å². The minimum atomic E-state index is 0.117. The van der Waals surface area contributed by atoms with E-state index < -0.39 is 0 Å². The van der Waals surface area contributed by atoms with Crippen molar-refractivity contribution in [3.8, 4) is 11.4 Å². The van der Waals surface area contributed by atoms with Crippen molar-refractivity contribution < 1.29 is 4.79 Å². The zero-order valence-electron chi connectivity index (χ0n) is 12.1. The van der Waals surface area contributed by atoms with Gasteiger partial charge in [0.25, 0.3) is 0 Å². The van der Waals surface area contributed by atoms with Crippen molar-refractivity contribution in [1.82, 2.24) is 14.5 Å². The van der Waals surface area contributed by atoms with Crippen LogP contribution in [0, 0.1) is 13.5 Å². The zero-order valence-corrected chi connectivity index (χ0v) is 12.1. The first-order chi connectivity index (χ1) is 10.1. The van der Waals surface area contributed by atoms with Crippen LogP contribution in [-0.4, -0.2) is 33.4 Å². The van der Waals surface area contributed by atoms with Gasteiger partial charge >= 0.3 is 0 Å². The third-order valence-corrected chi connectivity index (χ3v) is 3.81. The molecule has 2 aromatic rings. The molecule has 1 aliphatic heterocycles. The fourth-order valence-electron chi connectivity index (χ4n) is 2.58. The van der Waals surface area contributed by atoms with Gasteiger partial charge in [-0.25, -0.2) is 9.83 Å². The van der Waals surface area contributed by atoms with Crippen LogP contribution in [0.4, 0.5) is 5.69 Å². The Bertz CT molecular complexity index is 718. The van der Waals surface area contributed by atoms with E-state index >= 15 is 0 Å². The van der Waals surface area contributed by atoms with Crippen LogP contribution in [0.25, 0.3) is 16.2 Å². The lowest BCUT2D eigenvalue weighted by Gasteiger charge is -2.39. The number of likely N-dealkylation sites (tertiary alicyclic amines) is 1. The van der Waals surface area contributed by atoms with Gasteiger partial charge in [0, 0.05) is 31.8 Å². The van der Waals surface area contributed by atoms with E-state index in [1.807, 2.05) is 30.2 Å². The van der Waals surface area contributed by atoms with Crippen LogP contribution in [-0.2, 0) is 4.79 Å². The largest absolute Gasteiger partial charge is 0.339 e. The molecule has 1 saturated heterocycles. The van der Waals surface area contributed by atoms with E-state index in [1.165, 1.54) is 0 Å². The summed E-state index contributed by atoms with van der Waals surface area (Å²) in [4.78, 5) is 21.1. The maximum absolute atomic E-state index is 11.3. The van der Waals surface area contributed by atoms with E-state index in [1.54, 1.807) is 19.1 Å². The van der Waals surface area contributed by atoms with Gasteiger partial charge in [-0.3, -0.25) is 4.79 Å². The summed E-state index contributed by atoms with van der Waals surface area (Å²) in [7, 11) is 0. The molecule has 1 fully saturated rings. The van der Waals surface area contributed by atoms with Crippen LogP contribution in [0.5, 0.6) is 0 Å². The van der Waals surface area contributed by atoms with Gasteiger partial charge in [-0.05, 0) is 6.92 Å². The lowest BCUT2D eigenvalue weighted by Crippen LogP contribution is -2.49. The molecule has 5 nitrogen and oxygen atoms in total. The molecule has 21 heavy (non-hydrogen) atoms. The van der Waals surface area contributed by atoms with E-state index in [9.17, 15) is 4.79 Å². The average Bonchev–Trinajstić information content (AvgIpc) is 2.78. The predicted octanol–water partition coefficient (Wildman–Crippen LogP) is 2.81. The van der Waals surface area contributed by atoms with E-state index in [-0.39, 0.29) is 11.9 Å². The van der Waals surface area contributed by atoms with Crippen LogP contribution in [0.3, 0.4) is 0 Å². The number of benzene rings is 1. The van der Waals surface area contributed by atoms with Crippen molar-refractivity contribution in [3.05, 3.63) is 47.6 Å². The summed E-state index contributed by atoms with van der Waals surface area (Å²) < 4.78 is 2.14. The molecule has 106 valence electrons. The molecule has 1 aliphatic rings. The Morgan fingerprint density at radius 3 is 2.57 bits per heavy atom. The fourth-order valence-corrected chi connectivity index (χ4v) is 2.58. The van der Waals surface area contributed by atoms with Gasteiger partial charge in [0.1, 0.15) is 5.82 Å². The molecule has 0 N–H and O–H groups in total. The summed E-state index contributed by atoms with van der Waals surface area (Å²) >= 11 is 0. The van der Waals surface area contributed by atoms with Gasteiger partial charge in [-0.2, -0.15) is 0 Å². The highest BCUT2D eigenvalue weighted by molar-refractivity contribution is 5.74. The van der Waals surface area contributed by atoms with Crippen LogP contribution in [0.2, 0.25) is 0 Å². The summed E-state index contributed by atoms with van der Waals surface area (Å²) in [5.74, 6) is 1.02. The highest BCUT2D eigenvalue weighted by Gasteiger charge is 2.31. The summed E-state index contributed by atoms with van der Waals surface area (Å²) in [6, 6.07) is 7.74. The number of aryl methyl sites for hydroxylation is 1. The van der Waals surface area contributed by atoms with Gasteiger partial charge in [0.05, 0.1) is 18.3 Å². The average molecular weight is 280 g/mol. The number of aromatic nitrogens is 2. The monoisotopic (exact) mass is 280 g/mol. The smallest absolute Gasteiger partial charge is 0.219 e. The highest BCUT2D eigenvalue weighted by Crippen LogP contribution is 2.29. The molecule has 1 aromatic heterocycles. The molecule has 1 aromatic carbocycles. The number of hydrogen-bond acceptors (Lipinski definition) is 2. The van der Waals surface area contributed by atoms with Crippen molar-refractivity contribution in [2.24, 2.45) is 0 Å². The summed E-state index contributed by atoms with van der Waals surface area (Å²) in [5, 5.41) is 0. The first-order valence-corrected chi connectivity index (χ1v) is 6.87. The first kappa shape index (κ1) is 13.4. The normalized spacial score (nSPS) is 14.6. The van der Waals surface area contributed by atoms with E-state index in [0.717, 1.165) is 30.2 Å². The number of nitrogens with zero attached hydrogens (tertiary/aromatic N) is 4. The molecule has 0 atom stereocenters. The molecule has 2 heterocycles. The minimum absolute atomic E-state index is 0.117. The third-order valence-electron chi connectivity index (χ3n) is 3.81. The van der Waals surface area contributed by atoms with Gasteiger partial charge in [-0.15, -0.1) is 0 Å². The second kappa shape index (κ2) is 5.06. The van der Waals surface area contributed by atoms with Crippen molar-refractivity contribution >= 4 is 11.6 Å². The lowest BCUT2D eigenvalue weighted by atomic mass is 10.1. The zero-order chi connectivity index (χ0) is 15.0. The molecule has 0 aliphatic carbocycles. The molecule has 5 heteroatoms. The van der Waals surface area contributed by atoms with E-state index in [2.05, 4.69) is 14.4 Å². The fraction of sp³-hybridized carbons (Fsp3) is 0.312. The van der Waals surface area contributed by atoms with Crippen molar-refractivity contribution in [2.75, 3.05) is 13.1 Å². The van der Waals surface area contributed by atoms with Crippen LogP contribution in [0.15, 0.2) is 30.5 Å². The molecule has 0 spiro atoms. The van der Waals surface area contributed by atoms with E-state index in [0.29, 0.717) is 5.69 Å². The summed E-state index contributed by atoms with van der Waals surface area (Å²) in [6.45, 7) is 12.0. The minimum Gasteiger partial charge on any atom is -0.339 e. The Balaban J connectivity index is 1.89. The van der Waals surface area contributed by atoms with Gasteiger partial charge in [0.15, 0.2) is 5.69 Å². The van der Waals surface area contributed by atoms with Gasteiger partial charge in [0.2, 0.25) is 5.91 Å². The summed E-state index contributed by atoms with van der Waals surface area (Å²) in [6.07, 6.45) is 2.03. The van der Waals surface area contributed by atoms with Crippen molar-refractivity contribution in [3.63, 3.8) is 0 Å². The number of carbonyl (C=O) groups is 1. The molecule has 1 amide bonds. The maximum atomic E-state index is 11.3. The Labute approximate surface area is 123 Å². The molecule has 0 radical (unpaired) electrons. The Morgan fingerprint density at radius 1 is 1.33 bits per heavy atom. The van der Waals surface area contributed by atoms with Gasteiger partial charge < -0.3 is 9.47 Å². The summed E-state index contributed by atoms with van der Waals surface area (Å²) in [5.41, 5.74) is 2.58. The maximum Gasteiger partial charge on any atom is 0.219 e. The highest BCUT2D eigenvalue weighted by atomic mass is 16.2. The predicted molar refractivity (Wildman–Crippen MR) is 80.0 cm³/mol. The quantitative estimate of drug-likeness (QED) is 0.794. The molecular weight excluding hydrogens is 264 g/mol. The molecule has 0 bridgehead atoms.